The molecule has 0 N–H and O–H groups in total. The van der Waals surface area contributed by atoms with E-state index in [0.717, 1.165) is 24.3 Å². The highest BCUT2D eigenvalue weighted by Gasteiger charge is 2.33. The van der Waals surface area contributed by atoms with Crippen molar-refractivity contribution in [2.75, 3.05) is 18.8 Å². The number of nitrogens with zero attached hydrogens (tertiary/aromatic N) is 1. The summed E-state index contributed by atoms with van der Waals surface area (Å²) in [5, 5.41) is -0.416. The first-order valence-electron chi connectivity index (χ1n) is 8.66. The molecule has 1 amide bonds. The Morgan fingerprint density at radius 2 is 1.89 bits per heavy atom. The van der Waals surface area contributed by atoms with Crippen LogP contribution in [-0.2, 0) is 14.6 Å². The van der Waals surface area contributed by atoms with Crippen LogP contribution in [0.25, 0.3) is 6.08 Å². The summed E-state index contributed by atoms with van der Waals surface area (Å²) in [5.41, 5.74) is 0.473. The quantitative estimate of drug-likeness (QED) is 0.698. The average molecular weight is 426 g/mol. The van der Waals surface area contributed by atoms with Gasteiger partial charge in [0.15, 0.2) is 9.84 Å². The van der Waals surface area contributed by atoms with Crippen molar-refractivity contribution >= 4 is 33.4 Å². The largest absolute Gasteiger partial charge is 0.338 e. The van der Waals surface area contributed by atoms with Crippen LogP contribution in [0.3, 0.4) is 0 Å². The maximum absolute atomic E-state index is 13.7. The van der Waals surface area contributed by atoms with Gasteiger partial charge in [-0.1, -0.05) is 29.8 Å². The van der Waals surface area contributed by atoms with Crippen LogP contribution in [0.2, 0.25) is 5.02 Å². The highest BCUT2D eigenvalue weighted by Crippen LogP contribution is 2.33. The molecule has 2 aromatic carbocycles. The molecular weight excluding hydrogens is 408 g/mol. The predicted octanol–water partition coefficient (Wildman–Crippen LogP) is 4.02. The van der Waals surface area contributed by atoms with Crippen molar-refractivity contribution in [1.29, 1.82) is 0 Å². The molecule has 8 heteroatoms. The van der Waals surface area contributed by atoms with E-state index in [1.165, 1.54) is 11.0 Å². The second-order valence-electron chi connectivity index (χ2n) is 6.49. The lowest BCUT2D eigenvalue weighted by Gasteiger charge is -2.18. The molecule has 1 atom stereocenters. The van der Waals surface area contributed by atoms with E-state index in [9.17, 15) is 22.0 Å². The molecule has 0 bridgehead atoms. The van der Waals surface area contributed by atoms with Crippen LogP contribution in [0.5, 0.6) is 0 Å². The average Bonchev–Trinajstić information content (AvgIpc) is 2.81. The molecule has 2 aromatic rings. The molecule has 4 nitrogen and oxygen atoms in total. The molecule has 1 aliphatic rings. The molecule has 148 valence electrons. The molecule has 0 radical (unpaired) electrons. The van der Waals surface area contributed by atoms with E-state index in [1.54, 1.807) is 24.3 Å². The molecule has 1 fully saturated rings. The maximum atomic E-state index is 13.7. The van der Waals surface area contributed by atoms with Gasteiger partial charge in [0.05, 0.1) is 11.0 Å². The Bertz CT molecular complexity index is 1020. The van der Waals surface area contributed by atoms with E-state index in [4.69, 9.17) is 11.6 Å². The van der Waals surface area contributed by atoms with Gasteiger partial charge >= 0.3 is 0 Å². The lowest BCUT2D eigenvalue weighted by Crippen LogP contribution is -2.32. The fourth-order valence-corrected chi connectivity index (χ4v) is 5.31. The lowest BCUT2D eigenvalue weighted by molar-refractivity contribution is -0.125. The van der Waals surface area contributed by atoms with Gasteiger partial charge in [0.25, 0.3) is 0 Å². The second kappa shape index (κ2) is 8.41. The predicted molar refractivity (Wildman–Crippen MR) is 105 cm³/mol. The topological polar surface area (TPSA) is 54.5 Å². The molecule has 1 aliphatic heterocycles. The summed E-state index contributed by atoms with van der Waals surface area (Å²) in [7, 11) is -3.49. The Morgan fingerprint density at radius 1 is 1.14 bits per heavy atom. The number of hydrogen-bond donors (Lipinski definition) is 0. The lowest BCUT2D eigenvalue weighted by atomic mass is 10.1. The van der Waals surface area contributed by atoms with Gasteiger partial charge in [-0.15, -0.1) is 0 Å². The Morgan fingerprint density at radius 3 is 2.64 bits per heavy atom. The van der Waals surface area contributed by atoms with Crippen molar-refractivity contribution in [3.8, 4) is 0 Å². The number of sulfone groups is 1. The monoisotopic (exact) mass is 425 g/mol. The van der Waals surface area contributed by atoms with E-state index >= 15 is 0 Å². The third-order valence-electron chi connectivity index (χ3n) is 4.67. The first-order valence-corrected chi connectivity index (χ1v) is 10.8. The fourth-order valence-electron chi connectivity index (χ4n) is 3.16. The Kier molecular flexibility index (Phi) is 6.15. The second-order valence-corrected chi connectivity index (χ2v) is 9.20. The zero-order valence-corrected chi connectivity index (χ0v) is 16.4. The first kappa shape index (κ1) is 20.5. The SMILES string of the molecule is O=C(/C=C/c1cc(F)ccc1F)N1CCC(c2ccccc2Cl)S(=O)(=O)CC1. The van der Waals surface area contributed by atoms with Gasteiger partial charge in [-0.25, -0.2) is 17.2 Å². The Balaban J connectivity index is 1.77. The van der Waals surface area contributed by atoms with Gasteiger partial charge in [0.2, 0.25) is 5.91 Å². The van der Waals surface area contributed by atoms with E-state index < -0.39 is 32.6 Å². The van der Waals surface area contributed by atoms with Crippen molar-refractivity contribution in [2.45, 2.75) is 11.7 Å². The van der Waals surface area contributed by atoms with Crippen LogP contribution in [0.15, 0.2) is 48.5 Å². The van der Waals surface area contributed by atoms with Gasteiger partial charge in [-0.05, 0) is 42.3 Å². The van der Waals surface area contributed by atoms with E-state index in [2.05, 4.69) is 0 Å². The van der Waals surface area contributed by atoms with Crippen molar-refractivity contribution in [2.24, 2.45) is 0 Å². The number of carbonyl (C=O) groups excluding carboxylic acids is 1. The van der Waals surface area contributed by atoms with Crippen molar-refractivity contribution in [1.82, 2.24) is 4.90 Å². The van der Waals surface area contributed by atoms with Gasteiger partial charge in [0, 0.05) is 29.8 Å². The third-order valence-corrected chi connectivity index (χ3v) is 7.12. The molecule has 1 saturated heterocycles. The van der Waals surface area contributed by atoms with Gasteiger partial charge in [-0.2, -0.15) is 0 Å². The van der Waals surface area contributed by atoms with Crippen molar-refractivity contribution < 1.29 is 22.0 Å². The summed E-state index contributed by atoms with van der Waals surface area (Å²) in [4.78, 5) is 13.8. The van der Waals surface area contributed by atoms with Crippen LogP contribution in [0.4, 0.5) is 8.78 Å². The molecule has 0 saturated carbocycles. The van der Waals surface area contributed by atoms with Crippen LogP contribution in [0.1, 0.15) is 22.8 Å². The Labute approximate surface area is 167 Å². The van der Waals surface area contributed by atoms with Gasteiger partial charge < -0.3 is 4.90 Å². The number of rotatable bonds is 3. The minimum absolute atomic E-state index is 0.0259. The standard InChI is InChI=1S/C20H18ClF2NO3S/c21-17-4-2-1-3-16(17)19-9-10-24(11-12-28(19,26)27)20(25)8-5-14-13-15(22)6-7-18(14)23/h1-8,13,19H,9-12H2/b8-5+. The number of benzene rings is 2. The van der Waals surface area contributed by atoms with Crippen LogP contribution < -0.4 is 0 Å². The molecule has 0 aliphatic carbocycles. The molecule has 1 unspecified atom stereocenters. The van der Waals surface area contributed by atoms with Crippen molar-refractivity contribution in [3.05, 3.63) is 76.3 Å². The molecule has 28 heavy (non-hydrogen) atoms. The molecule has 1 heterocycles. The van der Waals surface area contributed by atoms with Crippen LogP contribution >= 0.6 is 11.6 Å². The molecule has 0 aromatic heterocycles. The van der Waals surface area contributed by atoms with E-state index in [0.29, 0.717) is 10.6 Å². The summed E-state index contributed by atoms with van der Waals surface area (Å²) in [6.45, 7) is 0.238. The summed E-state index contributed by atoms with van der Waals surface area (Å²) in [5.74, 6) is -1.92. The minimum Gasteiger partial charge on any atom is -0.338 e. The third kappa shape index (κ3) is 4.59. The van der Waals surface area contributed by atoms with Gasteiger partial charge in [0.1, 0.15) is 11.6 Å². The van der Waals surface area contributed by atoms with E-state index in [1.807, 2.05) is 0 Å². The van der Waals surface area contributed by atoms with Crippen molar-refractivity contribution in [3.63, 3.8) is 0 Å². The summed E-state index contributed by atoms with van der Waals surface area (Å²) < 4.78 is 52.3. The van der Waals surface area contributed by atoms with Gasteiger partial charge in [-0.3, -0.25) is 4.79 Å². The molecule has 0 spiro atoms. The molecular formula is C20H18ClF2NO3S. The van der Waals surface area contributed by atoms with Crippen LogP contribution in [-0.4, -0.2) is 38.1 Å². The smallest absolute Gasteiger partial charge is 0.246 e. The highest BCUT2D eigenvalue weighted by atomic mass is 35.5. The zero-order chi connectivity index (χ0) is 20.3. The first-order chi connectivity index (χ1) is 13.3. The summed E-state index contributed by atoms with van der Waals surface area (Å²) in [6, 6.07) is 9.71. The Hall–Kier alpha value is -2.25. The summed E-state index contributed by atoms with van der Waals surface area (Å²) >= 11 is 6.16. The maximum Gasteiger partial charge on any atom is 0.246 e. The zero-order valence-electron chi connectivity index (χ0n) is 14.8. The highest BCUT2D eigenvalue weighted by molar-refractivity contribution is 7.91. The fraction of sp³-hybridized carbons (Fsp3) is 0.250. The minimum atomic E-state index is -3.49. The number of halogens is 3. The number of hydrogen-bond acceptors (Lipinski definition) is 3. The normalized spacial score (nSPS) is 19.5. The number of carbonyl (C=O) groups is 1. The number of amides is 1. The van der Waals surface area contributed by atoms with E-state index in [-0.39, 0.29) is 30.8 Å². The summed E-state index contributed by atoms with van der Waals surface area (Å²) in [6.07, 6.45) is 2.52. The molecule has 3 rings (SSSR count). The van der Waals surface area contributed by atoms with Crippen LogP contribution in [0, 0.1) is 11.6 Å².